The molecule has 0 saturated carbocycles. The number of rotatable bonds is 4. The predicted molar refractivity (Wildman–Crippen MR) is 97.9 cm³/mol. The lowest BCUT2D eigenvalue weighted by atomic mass is 10.2. The zero-order chi connectivity index (χ0) is 20.7. The SMILES string of the molecule is CCS(=O)(=O)c1ccc(Br)nc1-c1nnc(-c2cc(C(F)(F)F)ccn2)n1C. The number of alkyl halides is 3. The summed E-state index contributed by atoms with van der Waals surface area (Å²) in [6.07, 6.45) is -3.51. The van der Waals surface area contributed by atoms with Crippen LogP contribution in [0.5, 0.6) is 0 Å². The van der Waals surface area contributed by atoms with Crippen LogP contribution in [-0.2, 0) is 23.1 Å². The average Bonchev–Trinajstić information content (AvgIpc) is 3.02. The molecule has 0 aromatic carbocycles. The fourth-order valence-corrected chi connectivity index (χ4v) is 3.80. The van der Waals surface area contributed by atoms with Crippen molar-refractivity contribution in [2.24, 2.45) is 7.05 Å². The molecular formula is C16H13BrF3N5O2S. The Labute approximate surface area is 166 Å². The number of pyridine rings is 2. The summed E-state index contributed by atoms with van der Waals surface area (Å²) >= 11 is 3.19. The van der Waals surface area contributed by atoms with Gasteiger partial charge < -0.3 is 4.57 Å². The Morgan fingerprint density at radius 3 is 2.46 bits per heavy atom. The summed E-state index contributed by atoms with van der Waals surface area (Å²) in [7, 11) is -2.12. The van der Waals surface area contributed by atoms with E-state index in [9.17, 15) is 21.6 Å². The van der Waals surface area contributed by atoms with E-state index in [0.717, 1.165) is 18.3 Å². The first-order valence-electron chi connectivity index (χ1n) is 7.87. The van der Waals surface area contributed by atoms with Gasteiger partial charge in [0.05, 0.1) is 16.2 Å². The quantitative estimate of drug-likeness (QED) is 0.536. The van der Waals surface area contributed by atoms with Gasteiger partial charge >= 0.3 is 6.18 Å². The molecule has 0 aliphatic heterocycles. The zero-order valence-electron chi connectivity index (χ0n) is 14.6. The maximum absolute atomic E-state index is 13.0. The van der Waals surface area contributed by atoms with Crippen LogP contribution in [0.2, 0.25) is 0 Å². The topological polar surface area (TPSA) is 90.6 Å². The van der Waals surface area contributed by atoms with Crippen LogP contribution >= 0.6 is 15.9 Å². The number of sulfone groups is 1. The fourth-order valence-electron chi connectivity index (χ4n) is 2.48. The summed E-state index contributed by atoms with van der Waals surface area (Å²) < 4.78 is 65.4. The first-order chi connectivity index (χ1) is 13.0. The van der Waals surface area contributed by atoms with Crippen LogP contribution in [0.15, 0.2) is 40.0 Å². The molecule has 0 aliphatic rings. The molecule has 3 aromatic heterocycles. The molecule has 0 fully saturated rings. The van der Waals surface area contributed by atoms with Crippen molar-refractivity contribution in [1.82, 2.24) is 24.7 Å². The Morgan fingerprint density at radius 2 is 1.82 bits per heavy atom. The molecule has 0 amide bonds. The molecule has 0 unspecified atom stereocenters. The molecule has 0 N–H and O–H groups in total. The van der Waals surface area contributed by atoms with Gasteiger partial charge in [-0.15, -0.1) is 10.2 Å². The highest BCUT2D eigenvalue weighted by Crippen LogP contribution is 2.32. The zero-order valence-corrected chi connectivity index (χ0v) is 17.0. The van der Waals surface area contributed by atoms with Crippen molar-refractivity contribution in [2.75, 3.05) is 5.75 Å². The summed E-state index contributed by atoms with van der Waals surface area (Å²) in [6, 6.07) is 4.58. The van der Waals surface area contributed by atoms with Gasteiger partial charge in [0.15, 0.2) is 21.5 Å². The van der Waals surface area contributed by atoms with Crippen molar-refractivity contribution in [3.8, 4) is 23.0 Å². The molecule has 0 radical (unpaired) electrons. The van der Waals surface area contributed by atoms with Crippen molar-refractivity contribution in [3.05, 3.63) is 40.6 Å². The van der Waals surface area contributed by atoms with E-state index in [1.807, 2.05) is 0 Å². The molecule has 7 nitrogen and oxygen atoms in total. The molecule has 3 aromatic rings. The highest BCUT2D eigenvalue weighted by Gasteiger charge is 2.31. The van der Waals surface area contributed by atoms with Gasteiger partial charge in [-0.05, 0) is 40.2 Å². The second-order valence-corrected chi connectivity index (χ2v) is 8.78. The van der Waals surface area contributed by atoms with Crippen LogP contribution in [-0.4, -0.2) is 38.9 Å². The van der Waals surface area contributed by atoms with E-state index in [-0.39, 0.29) is 33.7 Å². The summed E-state index contributed by atoms with van der Waals surface area (Å²) in [4.78, 5) is 8.08. The first kappa shape index (κ1) is 20.4. The van der Waals surface area contributed by atoms with Crippen molar-refractivity contribution >= 4 is 25.8 Å². The van der Waals surface area contributed by atoms with Gasteiger partial charge in [-0.25, -0.2) is 13.4 Å². The molecule has 3 rings (SSSR count). The fraction of sp³-hybridized carbons (Fsp3) is 0.250. The molecule has 0 aliphatic carbocycles. The summed E-state index contributed by atoms with van der Waals surface area (Å²) in [6.45, 7) is 1.50. The number of nitrogens with zero attached hydrogens (tertiary/aromatic N) is 5. The van der Waals surface area contributed by atoms with E-state index in [2.05, 4.69) is 36.1 Å². The Kier molecular flexibility index (Phi) is 5.28. The van der Waals surface area contributed by atoms with Gasteiger partial charge in [0, 0.05) is 13.2 Å². The predicted octanol–water partition coefficient (Wildman–Crippen LogP) is 3.51. The summed E-state index contributed by atoms with van der Waals surface area (Å²) in [5.74, 6) is -0.0197. The number of aromatic nitrogens is 5. The van der Waals surface area contributed by atoms with E-state index in [0.29, 0.717) is 4.60 Å². The Morgan fingerprint density at radius 1 is 1.14 bits per heavy atom. The monoisotopic (exact) mass is 475 g/mol. The minimum Gasteiger partial charge on any atom is -0.307 e. The Bertz CT molecular complexity index is 1150. The molecule has 0 saturated heterocycles. The van der Waals surface area contributed by atoms with Crippen LogP contribution in [0.3, 0.4) is 0 Å². The van der Waals surface area contributed by atoms with Gasteiger partial charge in [0.1, 0.15) is 16.0 Å². The van der Waals surface area contributed by atoms with Crippen molar-refractivity contribution in [3.63, 3.8) is 0 Å². The molecule has 0 atom stereocenters. The average molecular weight is 476 g/mol. The second kappa shape index (κ2) is 7.24. The highest BCUT2D eigenvalue weighted by molar-refractivity contribution is 9.10. The van der Waals surface area contributed by atoms with Crippen molar-refractivity contribution in [1.29, 1.82) is 0 Å². The largest absolute Gasteiger partial charge is 0.416 e. The van der Waals surface area contributed by atoms with E-state index in [4.69, 9.17) is 0 Å². The molecule has 148 valence electrons. The van der Waals surface area contributed by atoms with Crippen molar-refractivity contribution < 1.29 is 21.6 Å². The Hall–Kier alpha value is -2.34. The van der Waals surface area contributed by atoms with Gasteiger partial charge in [0.25, 0.3) is 0 Å². The van der Waals surface area contributed by atoms with Gasteiger partial charge in [-0.3, -0.25) is 4.98 Å². The van der Waals surface area contributed by atoms with Crippen LogP contribution in [0.1, 0.15) is 12.5 Å². The minimum atomic E-state index is -4.53. The minimum absolute atomic E-state index is 0.0442. The van der Waals surface area contributed by atoms with Crippen LogP contribution in [0.25, 0.3) is 23.0 Å². The highest BCUT2D eigenvalue weighted by atomic mass is 79.9. The molecular weight excluding hydrogens is 463 g/mol. The lowest BCUT2D eigenvalue weighted by Gasteiger charge is -2.10. The third-order valence-electron chi connectivity index (χ3n) is 3.94. The Balaban J connectivity index is 2.18. The van der Waals surface area contributed by atoms with Gasteiger partial charge in [0.2, 0.25) is 0 Å². The lowest BCUT2D eigenvalue weighted by Crippen LogP contribution is -2.09. The molecule has 28 heavy (non-hydrogen) atoms. The number of halogens is 4. The normalized spacial score (nSPS) is 12.4. The molecule has 0 bridgehead atoms. The first-order valence-corrected chi connectivity index (χ1v) is 10.3. The van der Waals surface area contributed by atoms with E-state index < -0.39 is 21.6 Å². The van der Waals surface area contributed by atoms with E-state index >= 15 is 0 Å². The van der Waals surface area contributed by atoms with E-state index in [1.54, 1.807) is 0 Å². The maximum atomic E-state index is 13.0. The van der Waals surface area contributed by atoms with Crippen molar-refractivity contribution in [2.45, 2.75) is 18.0 Å². The molecule has 12 heteroatoms. The third-order valence-corrected chi connectivity index (χ3v) is 6.14. The smallest absolute Gasteiger partial charge is 0.307 e. The maximum Gasteiger partial charge on any atom is 0.416 e. The van der Waals surface area contributed by atoms with E-state index in [1.165, 1.54) is 30.7 Å². The molecule has 0 spiro atoms. The van der Waals surface area contributed by atoms with Crippen LogP contribution in [0, 0.1) is 0 Å². The second-order valence-electron chi connectivity index (χ2n) is 5.72. The van der Waals surface area contributed by atoms with Gasteiger partial charge in [-0.2, -0.15) is 13.2 Å². The third kappa shape index (κ3) is 3.78. The lowest BCUT2D eigenvalue weighted by molar-refractivity contribution is -0.137. The molecule has 3 heterocycles. The number of hydrogen-bond donors (Lipinski definition) is 0. The van der Waals surface area contributed by atoms with Crippen LogP contribution in [0.4, 0.5) is 13.2 Å². The standard InChI is InChI=1S/C16H13BrF3N5O2S/c1-3-28(26,27)11-4-5-12(17)22-13(11)15-24-23-14(25(15)2)10-8-9(6-7-21-10)16(18,19)20/h4-8H,3H2,1-2H3. The summed E-state index contributed by atoms with van der Waals surface area (Å²) in [5.41, 5.74) is -0.882. The summed E-state index contributed by atoms with van der Waals surface area (Å²) in [5, 5.41) is 7.84. The van der Waals surface area contributed by atoms with Crippen LogP contribution < -0.4 is 0 Å². The van der Waals surface area contributed by atoms with Gasteiger partial charge in [-0.1, -0.05) is 6.92 Å². The number of hydrogen-bond acceptors (Lipinski definition) is 6.